The summed E-state index contributed by atoms with van der Waals surface area (Å²) in [5.41, 5.74) is 1.05. The molecule has 0 saturated heterocycles. The number of hydrogen-bond donors (Lipinski definition) is 1. The molecule has 0 radical (unpaired) electrons. The Morgan fingerprint density at radius 2 is 2.21 bits per heavy atom. The zero-order valence-corrected chi connectivity index (χ0v) is 10.1. The summed E-state index contributed by atoms with van der Waals surface area (Å²) in [7, 11) is 1.84. The Kier molecular flexibility index (Phi) is 2.99. The van der Waals surface area contributed by atoms with Gasteiger partial charge in [-0.15, -0.1) is 21.5 Å². The summed E-state index contributed by atoms with van der Waals surface area (Å²) in [6, 6.07) is 0. The second-order valence-corrected chi connectivity index (χ2v) is 5.81. The van der Waals surface area contributed by atoms with Gasteiger partial charge in [0.15, 0.2) is 8.68 Å². The first-order valence-electron chi connectivity index (χ1n) is 3.89. The van der Waals surface area contributed by atoms with Gasteiger partial charge in [0.2, 0.25) is 5.13 Å². The van der Waals surface area contributed by atoms with Crippen LogP contribution in [0.15, 0.2) is 14.1 Å². The molecule has 2 heterocycles. The minimum atomic E-state index is 0.834. The molecular weight excluding hydrogens is 236 g/mol. The number of anilines is 1. The maximum atomic E-state index is 4.34. The Hall–Kier alpha value is -0.660. The first kappa shape index (κ1) is 9.88. The van der Waals surface area contributed by atoms with Gasteiger partial charge in [0.25, 0.3) is 0 Å². The van der Waals surface area contributed by atoms with Crippen LogP contribution in [0.1, 0.15) is 5.69 Å². The van der Waals surface area contributed by atoms with Crippen molar-refractivity contribution in [1.82, 2.24) is 15.2 Å². The van der Waals surface area contributed by atoms with Crippen molar-refractivity contribution in [2.45, 2.75) is 15.6 Å². The van der Waals surface area contributed by atoms with Gasteiger partial charge in [-0.3, -0.25) is 0 Å². The maximum Gasteiger partial charge on any atom is 0.206 e. The first-order chi connectivity index (χ1) is 6.78. The van der Waals surface area contributed by atoms with Gasteiger partial charge in [-0.25, -0.2) is 4.98 Å². The maximum absolute atomic E-state index is 4.34. The standard InChI is InChI=1S/C7H8N4S3/c1-4-3-12-6(9-4)14-7-11-10-5(8-2)13-7/h3H,1-2H3,(H,8,10). The summed E-state index contributed by atoms with van der Waals surface area (Å²) in [4.78, 5) is 4.34. The SMILES string of the molecule is CNc1nnc(Sc2nc(C)cs2)s1. The van der Waals surface area contributed by atoms with E-state index in [1.54, 1.807) is 23.1 Å². The molecule has 2 aromatic heterocycles. The van der Waals surface area contributed by atoms with Gasteiger partial charge in [0, 0.05) is 18.1 Å². The van der Waals surface area contributed by atoms with E-state index >= 15 is 0 Å². The van der Waals surface area contributed by atoms with Crippen molar-refractivity contribution in [1.29, 1.82) is 0 Å². The van der Waals surface area contributed by atoms with Crippen molar-refractivity contribution in [2.24, 2.45) is 0 Å². The van der Waals surface area contributed by atoms with Crippen LogP contribution in [-0.4, -0.2) is 22.2 Å². The minimum Gasteiger partial charge on any atom is -0.363 e. The van der Waals surface area contributed by atoms with Crippen LogP contribution in [0.4, 0.5) is 5.13 Å². The molecule has 0 bridgehead atoms. The van der Waals surface area contributed by atoms with E-state index in [-0.39, 0.29) is 0 Å². The Labute approximate surface area is 93.8 Å². The molecule has 1 N–H and O–H groups in total. The monoisotopic (exact) mass is 244 g/mol. The van der Waals surface area contributed by atoms with Crippen LogP contribution in [0, 0.1) is 6.92 Å². The molecule has 0 spiro atoms. The number of nitrogens with zero attached hydrogens (tertiary/aromatic N) is 3. The number of nitrogens with one attached hydrogen (secondary N) is 1. The number of hydrogen-bond acceptors (Lipinski definition) is 7. The van der Waals surface area contributed by atoms with Crippen LogP contribution < -0.4 is 5.32 Å². The molecule has 2 aromatic rings. The number of thiazole rings is 1. The van der Waals surface area contributed by atoms with Crippen molar-refractivity contribution in [2.75, 3.05) is 12.4 Å². The smallest absolute Gasteiger partial charge is 0.206 e. The highest BCUT2D eigenvalue weighted by atomic mass is 32.2. The molecule has 74 valence electrons. The highest BCUT2D eigenvalue weighted by molar-refractivity contribution is 8.02. The van der Waals surface area contributed by atoms with Crippen molar-refractivity contribution in [3.63, 3.8) is 0 Å². The molecule has 4 nitrogen and oxygen atoms in total. The van der Waals surface area contributed by atoms with E-state index in [1.165, 1.54) is 11.3 Å². The molecule has 0 saturated carbocycles. The Morgan fingerprint density at radius 1 is 1.36 bits per heavy atom. The molecular formula is C7H8N4S3. The van der Waals surface area contributed by atoms with Crippen molar-refractivity contribution in [3.8, 4) is 0 Å². The fourth-order valence-electron chi connectivity index (χ4n) is 0.806. The lowest BCUT2D eigenvalue weighted by Gasteiger charge is -1.87. The Bertz CT molecular complexity index is 422. The molecule has 2 rings (SSSR count). The number of aryl methyl sites for hydroxylation is 1. The van der Waals surface area contributed by atoms with Crippen LogP contribution in [0.5, 0.6) is 0 Å². The van der Waals surface area contributed by atoms with E-state index in [2.05, 4.69) is 20.5 Å². The first-order valence-corrected chi connectivity index (χ1v) is 6.40. The highest BCUT2D eigenvalue weighted by Crippen LogP contribution is 2.33. The summed E-state index contributed by atoms with van der Waals surface area (Å²) in [6.07, 6.45) is 0. The fraction of sp³-hybridized carbons (Fsp3) is 0.286. The lowest BCUT2D eigenvalue weighted by Crippen LogP contribution is -1.84. The average Bonchev–Trinajstić information content (AvgIpc) is 2.76. The zero-order valence-electron chi connectivity index (χ0n) is 7.64. The number of rotatable bonds is 3. The van der Waals surface area contributed by atoms with Crippen LogP contribution in [0.3, 0.4) is 0 Å². The van der Waals surface area contributed by atoms with Crippen molar-refractivity contribution in [3.05, 3.63) is 11.1 Å². The molecule has 0 aliphatic heterocycles. The van der Waals surface area contributed by atoms with Gasteiger partial charge in [-0.2, -0.15) is 0 Å². The van der Waals surface area contributed by atoms with Gasteiger partial charge in [0.1, 0.15) is 0 Å². The molecule has 0 amide bonds. The van der Waals surface area contributed by atoms with Gasteiger partial charge >= 0.3 is 0 Å². The van der Waals surface area contributed by atoms with E-state index < -0.39 is 0 Å². The Balaban J connectivity index is 2.10. The van der Waals surface area contributed by atoms with Crippen LogP contribution in [0.2, 0.25) is 0 Å². The van der Waals surface area contributed by atoms with Crippen LogP contribution in [-0.2, 0) is 0 Å². The van der Waals surface area contributed by atoms with Gasteiger partial charge in [0.05, 0.1) is 0 Å². The molecule has 0 unspecified atom stereocenters. The predicted octanol–water partition coefficient (Wildman–Crippen LogP) is 2.50. The summed E-state index contributed by atoms with van der Waals surface area (Å²) in [6.45, 7) is 1.99. The molecule has 7 heteroatoms. The largest absolute Gasteiger partial charge is 0.363 e. The second kappa shape index (κ2) is 4.24. The molecule has 0 aliphatic rings. The van der Waals surface area contributed by atoms with Crippen LogP contribution >= 0.6 is 34.4 Å². The minimum absolute atomic E-state index is 0.834. The predicted molar refractivity (Wildman–Crippen MR) is 60.4 cm³/mol. The van der Waals surface area contributed by atoms with Crippen molar-refractivity contribution < 1.29 is 0 Å². The normalized spacial score (nSPS) is 10.4. The molecule has 0 atom stereocenters. The quantitative estimate of drug-likeness (QED) is 0.899. The summed E-state index contributed by atoms with van der Waals surface area (Å²) < 4.78 is 1.94. The van der Waals surface area contributed by atoms with E-state index in [1.807, 2.05) is 19.4 Å². The summed E-state index contributed by atoms with van der Waals surface area (Å²) in [5, 5.41) is 13.8. The molecule has 0 aromatic carbocycles. The second-order valence-electron chi connectivity index (χ2n) is 2.48. The fourth-order valence-corrected chi connectivity index (χ4v) is 3.55. The summed E-state index contributed by atoms with van der Waals surface area (Å²) in [5.74, 6) is 0. The van der Waals surface area contributed by atoms with Gasteiger partial charge in [-0.05, 0) is 18.7 Å². The molecule has 0 aliphatic carbocycles. The lowest BCUT2D eigenvalue weighted by molar-refractivity contribution is 1.01. The van der Waals surface area contributed by atoms with E-state index in [0.29, 0.717) is 0 Å². The number of aromatic nitrogens is 3. The topological polar surface area (TPSA) is 50.7 Å². The molecule has 14 heavy (non-hydrogen) atoms. The zero-order chi connectivity index (χ0) is 9.97. The Morgan fingerprint density at radius 3 is 2.79 bits per heavy atom. The van der Waals surface area contributed by atoms with E-state index in [0.717, 1.165) is 19.5 Å². The van der Waals surface area contributed by atoms with Gasteiger partial charge < -0.3 is 5.32 Å². The van der Waals surface area contributed by atoms with Crippen molar-refractivity contribution >= 4 is 39.6 Å². The third kappa shape index (κ3) is 2.23. The van der Waals surface area contributed by atoms with Gasteiger partial charge in [-0.1, -0.05) is 11.3 Å². The average molecular weight is 244 g/mol. The third-order valence-corrected chi connectivity index (χ3v) is 4.44. The summed E-state index contributed by atoms with van der Waals surface area (Å²) >= 11 is 4.72. The third-order valence-electron chi connectivity index (χ3n) is 1.39. The highest BCUT2D eigenvalue weighted by Gasteiger charge is 2.06. The molecule has 0 fully saturated rings. The van der Waals surface area contributed by atoms with E-state index in [4.69, 9.17) is 0 Å². The van der Waals surface area contributed by atoms with E-state index in [9.17, 15) is 0 Å². The van der Waals surface area contributed by atoms with Crippen LogP contribution in [0.25, 0.3) is 0 Å². The lowest BCUT2D eigenvalue weighted by atomic mass is 10.6.